The van der Waals surface area contributed by atoms with E-state index in [4.69, 9.17) is 0 Å². The van der Waals surface area contributed by atoms with Crippen LogP contribution in [0.5, 0.6) is 5.75 Å². The molecule has 0 aliphatic rings. The van der Waals surface area contributed by atoms with Crippen molar-refractivity contribution >= 4 is 15.9 Å². The summed E-state index contributed by atoms with van der Waals surface area (Å²) in [6.07, 6.45) is -4.76. The van der Waals surface area contributed by atoms with Crippen molar-refractivity contribution in [2.45, 2.75) is 37.7 Å². The number of carbonyl (C=O) groups is 1. The summed E-state index contributed by atoms with van der Waals surface area (Å²) in [6, 6.07) is 10.2. The number of sulfonamides is 1. The first-order valence-electron chi connectivity index (χ1n) is 8.21. The van der Waals surface area contributed by atoms with E-state index in [0.717, 1.165) is 12.1 Å². The molecule has 2 aromatic rings. The smallest absolute Gasteiger partial charge is 0.406 e. The fourth-order valence-electron chi connectivity index (χ4n) is 2.26. The Labute approximate surface area is 160 Å². The topological polar surface area (TPSA) is 84.5 Å². The van der Waals surface area contributed by atoms with E-state index >= 15 is 0 Å². The predicted molar refractivity (Wildman–Crippen MR) is 96.2 cm³/mol. The Balaban J connectivity index is 1.96. The number of hydrogen-bond acceptors (Lipinski definition) is 4. The second kappa shape index (κ2) is 8.61. The van der Waals surface area contributed by atoms with Gasteiger partial charge in [0.15, 0.2) is 0 Å². The third-order valence-electron chi connectivity index (χ3n) is 3.43. The number of rotatable bonds is 7. The minimum absolute atomic E-state index is 0.0398. The van der Waals surface area contributed by atoms with E-state index in [1.165, 1.54) is 36.4 Å². The molecule has 0 aliphatic heterocycles. The van der Waals surface area contributed by atoms with Crippen molar-refractivity contribution in [3.8, 4) is 5.75 Å². The quantitative estimate of drug-likeness (QED) is 0.726. The van der Waals surface area contributed by atoms with Gasteiger partial charge in [-0.25, -0.2) is 13.1 Å². The fourth-order valence-corrected chi connectivity index (χ4v) is 3.51. The Bertz CT molecular complexity index is 909. The van der Waals surface area contributed by atoms with E-state index in [2.05, 4.69) is 14.8 Å². The molecule has 2 rings (SSSR count). The molecule has 0 unspecified atom stereocenters. The molecule has 0 saturated heterocycles. The molecule has 2 N–H and O–H groups in total. The average Bonchev–Trinajstić information content (AvgIpc) is 2.58. The highest BCUT2D eigenvalue weighted by molar-refractivity contribution is 7.89. The van der Waals surface area contributed by atoms with Crippen molar-refractivity contribution in [2.24, 2.45) is 0 Å². The van der Waals surface area contributed by atoms with Gasteiger partial charge < -0.3 is 10.1 Å². The Morgan fingerprint density at radius 3 is 2.11 bits per heavy atom. The molecule has 1 amide bonds. The molecule has 0 atom stereocenters. The third-order valence-corrected chi connectivity index (χ3v) is 5.10. The second-order valence-corrected chi connectivity index (χ2v) is 7.89. The number of benzene rings is 2. The van der Waals surface area contributed by atoms with Gasteiger partial charge >= 0.3 is 6.36 Å². The summed E-state index contributed by atoms with van der Waals surface area (Å²) in [5, 5.41) is 2.61. The van der Waals surface area contributed by atoms with Gasteiger partial charge in [0.05, 0.1) is 4.90 Å². The molecule has 6 nitrogen and oxygen atoms in total. The maximum atomic E-state index is 12.2. The first kappa shape index (κ1) is 21.7. The number of hydrogen-bond donors (Lipinski definition) is 2. The highest BCUT2D eigenvalue weighted by Crippen LogP contribution is 2.22. The van der Waals surface area contributed by atoms with Crippen LogP contribution in [0.1, 0.15) is 29.8 Å². The average molecular weight is 416 g/mol. The molecular weight excluding hydrogens is 397 g/mol. The summed E-state index contributed by atoms with van der Waals surface area (Å²) in [7, 11) is -3.65. The van der Waals surface area contributed by atoms with Crippen LogP contribution < -0.4 is 14.8 Å². The molecule has 28 heavy (non-hydrogen) atoms. The van der Waals surface area contributed by atoms with Gasteiger partial charge in [-0.3, -0.25) is 4.79 Å². The molecule has 152 valence electrons. The largest absolute Gasteiger partial charge is 0.573 e. The first-order chi connectivity index (χ1) is 13.0. The van der Waals surface area contributed by atoms with Crippen molar-refractivity contribution in [3.05, 3.63) is 59.7 Å². The molecule has 0 heterocycles. The maximum absolute atomic E-state index is 12.2. The van der Waals surface area contributed by atoms with Crippen LogP contribution in [0.3, 0.4) is 0 Å². The summed E-state index contributed by atoms with van der Waals surface area (Å²) < 4.78 is 66.7. The zero-order valence-corrected chi connectivity index (χ0v) is 15.9. The molecule has 0 fully saturated rings. The summed E-state index contributed by atoms with van der Waals surface area (Å²) >= 11 is 0. The van der Waals surface area contributed by atoms with E-state index in [9.17, 15) is 26.4 Å². The van der Waals surface area contributed by atoms with Crippen molar-refractivity contribution in [2.75, 3.05) is 0 Å². The lowest BCUT2D eigenvalue weighted by Gasteiger charge is -2.11. The molecule has 0 aliphatic carbocycles. The zero-order chi connectivity index (χ0) is 20.9. The number of ether oxygens (including phenoxy) is 1. The molecule has 0 bridgehead atoms. The molecule has 0 saturated carbocycles. The number of carbonyl (C=O) groups excluding carboxylic acids is 1. The lowest BCUT2D eigenvalue weighted by atomic mass is 10.2. The van der Waals surface area contributed by atoms with Gasteiger partial charge in [-0.2, -0.15) is 0 Å². The predicted octanol–water partition coefficient (Wildman–Crippen LogP) is 3.20. The van der Waals surface area contributed by atoms with Gasteiger partial charge in [0.2, 0.25) is 10.0 Å². The SMILES string of the molecule is CC(C)NS(=O)(=O)c1ccc(C(=O)NCc2ccc(OC(F)(F)F)cc2)cc1. The van der Waals surface area contributed by atoms with Crippen LogP contribution in [0, 0.1) is 0 Å². The van der Waals surface area contributed by atoms with Gasteiger partial charge in [0.1, 0.15) is 5.75 Å². The van der Waals surface area contributed by atoms with Crippen LogP contribution in [-0.2, 0) is 16.6 Å². The maximum Gasteiger partial charge on any atom is 0.573 e. The standard InChI is InChI=1S/C18H19F3N2O4S/c1-12(2)23-28(25,26)16-9-5-14(6-10-16)17(24)22-11-13-3-7-15(8-4-13)27-18(19,20)21/h3-10,12,23H,11H2,1-2H3,(H,22,24). The van der Waals surface area contributed by atoms with E-state index in [1.54, 1.807) is 13.8 Å². The Kier molecular flexibility index (Phi) is 6.68. The first-order valence-corrected chi connectivity index (χ1v) is 9.70. The van der Waals surface area contributed by atoms with Crippen LogP contribution in [0.4, 0.5) is 13.2 Å². The van der Waals surface area contributed by atoms with Crippen LogP contribution in [0.2, 0.25) is 0 Å². The number of alkyl halides is 3. The van der Waals surface area contributed by atoms with Gasteiger partial charge in [0.25, 0.3) is 5.91 Å². The zero-order valence-electron chi connectivity index (χ0n) is 15.1. The monoisotopic (exact) mass is 416 g/mol. The highest BCUT2D eigenvalue weighted by atomic mass is 32.2. The van der Waals surface area contributed by atoms with Crippen LogP contribution >= 0.6 is 0 Å². The van der Waals surface area contributed by atoms with Crippen LogP contribution in [-0.4, -0.2) is 26.7 Å². The Morgan fingerprint density at radius 1 is 1.04 bits per heavy atom. The Morgan fingerprint density at radius 2 is 1.61 bits per heavy atom. The summed E-state index contributed by atoms with van der Waals surface area (Å²) in [6.45, 7) is 3.47. The summed E-state index contributed by atoms with van der Waals surface area (Å²) in [5.74, 6) is -0.800. The molecule has 10 heteroatoms. The van der Waals surface area contributed by atoms with E-state index in [1.807, 2.05) is 0 Å². The number of nitrogens with one attached hydrogen (secondary N) is 2. The second-order valence-electron chi connectivity index (χ2n) is 6.17. The van der Waals surface area contributed by atoms with Gasteiger partial charge in [0, 0.05) is 18.2 Å². The Hall–Kier alpha value is -2.59. The van der Waals surface area contributed by atoms with Gasteiger partial charge in [-0.05, 0) is 55.8 Å². The van der Waals surface area contributed by atoms with Crippen molar-refractivity contribution in [1.29, 1.82) is 0 Å². The van der Waals surface area contributed by atoms with Crippen LogP contribution in [0.15, 0.2) is 53.4 Å². The number of halogens is 3. The third kappa shape index (κ3) is 6.54. The highest BCUT2D eigenvalue weighted by Gasteiger charge is 2.30. The molecule has 0 spiro atoms. The van der Waals surface area contributed by atoms with Crippen molar-refractivity contribution in [3.63, 3.8) is 0 Å². The molecular formula is C18H19F3N2O4S. The molecule has 0 radical (unpaired) electrons. The van der Waals surface area contributed by atoms with E-state index < -0.39 is 22.3 Å². The fraction of sp³-hybridized carbons (Fsp3) is 0.278. The van der Waals surface area contributed by atoms with E-state index in [0.29, 0.717) is 5.56 Å². The molecule has 0 aromatic heterocycles. The minimum Gasteiger partial charge on any atom is -0.406 e. The van der Waals surface area contributed by atoms with E-state index in [-0.39, 0.29) is 28.8 Å². The lowest BCUT2D eigenvalue weighted by molar-refractivity contribution is -0.274. The number of amides is 1. The normalized spacial score (nSPS) is 12.1. The molecule has 2 aromatic carbocycles. The van der Waals surface area contributed by atoms with Crippen molar-refractivity contribution in [1.82, 2.24) is 10.0 Å². The van der Waals surface area contributed by atoms with Crippen molar-refractivity contribution < 1.29 is 31.1 Å². The summed E-state index contributed by atoms with van der Waals surface area (Å²) in [5.41, 5.74) is 0.823. The lowest BCUT2D eigenvalue weighted by Crippen LogP contribution is -2.30. The minimum atomic E-state index is -4.76. The van der Waals surface area contributed by atoms with Gasteiger partial charge in [-0.15, -0.1) is 13.2 Å². The van der Waals surface area contributed by atoms with Crippen LogP contribution in [0.25, 0.3) is 0 Å². The van der Waals surface area contributed by atoms with Gasteiger partial charge in [-0.1, -0.05) is 12.1 Å². The summed E-state index contributed by atoms with van der Waals surface area (Å²) in [4.78, 5) is 12.2.